The Balaban J connectivity index is 2.85. The van der Waals surface area contributed by atoms with Gasteiger partial charge in [0.05, 0.1) is 23.0 Å². The molecule has 1 rings (SSSR count). The molecule has 80 valence electrons. The van der Waals surface area contributed by atoms with Crippen molar-refractivity contribution in [1.82, 2.24) is 0 Å². The molecule has 0 aliphatic carbocycles. The number of anilines is 2. The lowest BCUT2D eigenvalue weighted by Gasteiger charge is -2.11. The topological polar surface area (TPSA) is 82.1 Å². The van der Waals surface area contributed by atoms with E-state index >= 15 is 0 Å². The Hall–Kier alpha value is -1.00. The average Bonchev–Trinajstić information content (AvgIpc) is 2.22. The lowest BCUT2D eigenvalue weighted by Crippen LogP contribution is -2.07. The molecule has 4 N–H and O–H groups in total. The van der Waals surface area contributed by atoms with Crippen LogP contribution in [0.2, 0.25) is 0 Å². The molecule has 0 heterocycles. The third kappa shape index (κ3) is 3.25. The largest absolute Gasteiger partial charge is 0.397 e. The molecule has 5 heteroatoms. The number of nitrogens with two attached hydrogens (primary N) is 1. The number of aliphatic hydroxyl groups is 1. The molecule has 0 unspecified atom stereocenters. The predicted octanol–water partition coefficient (Wildman–Crippen LogP) is 1.54. The van der Waals surface area contributed by atoms with Gasteiger partial charge in [-0.1, -0.05) is 0 Å². The zero-order valence-electron chi connectivity index (χ0n) is 8.13. The maximum absolute atomic E-state index is 8.73. The van der Waals surface area contributed by atoms with Gasteiger partial charge < -0.3 is 16.2 Å². The standard InChI is InChI=1S/C10H12IN3O/c11-8-4-7(6-12)5-9(13)10(8)14-2-1-3-15/h4-5,14-15H,1-3,13H2. The lowest BCUT2D eigenvalue weighted by atomic mass is 10.2. The number of hydrogen-bond donors (Lipinski definition) is 3. The van der Waals surface area contributed by atoms with E-state index in [-0.39, 0.29) is 6.61 Å². The van der Waals surface area contributed by atoms with Crippen LogP contribution < -0.4 is 11.1 Å². The number of benzene rings is 1. The number of aliphatic hydroxyl groups excluding tert-OH is 1. The summed E-state index contributed by atoms with van der Waals surface area (Å²) in [5.41, 5.74) is 7.76. The number of halogens is 1. The fourth-order valence-corrected chi connectivity index (χ4v) is 2.01. The molecule has 0 aliphatic heterocycles. The third-order valence-electron chi connectivity index (χ3n) is 1.89. The Kier molecular flexibility index (Phi) is 4.65. The Morgan fingerprint density at radius 2 is 2.27 bits per heavy atom. The Bertz CT molecular complexity index is 364. The molecule has 0 aromatic heterocycles. The number of rotatable bonds is 4. The highest BCUT2D eigenvalue weighted by Crippen LogP contribution is 2.26. The number of nitrogens with zero attached hydrogens (tertiary/aromatic N) is 1. The van der Waals surface area contributed by atoms with Gasteiger partial charge in [-0.25, -0.2) is 0 Å². The number of nitrogen functional groups attached to an aromatic ring is 1. The summed E-state index contributed by atoms with van der Waals surface area (Å²) in [4.78, 5) is 0. The van der Waals surface area contributed by atoms with Crippen LogP contribution in [0.1, 0.15) is 12.0 Å². The molecular weight excluding hydrogens is 305 g/mol. The van der Waals surface area contributed by atoms with Crippen LogP contribution in [0.15, 0.2) is 12.1 Å². The fraction of sp³-hybridized carbons (Fsp3) is 0.300. The molecule has 0 atom stereocenters. The van der Waals surface area contributed by atoms with Crippen LogP contribution >= 0.6 is 22.6 Å². The van der Waals surface area contributed by atoms with Crippen LogP contribution in [0.5, 0.6) is 0 Å². The van der Waals surface area contributed by atoms with Crippen LogP contribution in [0.25, 0.3) is 0 Å². The van der Waals surface area contributed by atoms with Gasteiger partial charge in [0, 0.05) is 16.7 Å². The van der Waals surface area contributed by atoms with Gasteiger partial charge in [0.1, 0.15) is 0 Å². The van der Waals surface area contributed by atoms with Gasteiger partial charge in [0.15, 0.2) is 0 Å². The lowest BCUT2D eigenvalue weighted by molar-refractivity contribution is 0.292. The SMILES string of the molecule is N#Cc1cc(N)c(NCCCO)c(I)c1. The van der Waals surface area contributed by atoms with Crippen molar-refractivity contribution in [3.8, 4) is 6.07 Å². The summed E-state index contributed by atoms with van der Waals surface area (Å²) in [5, 5.41) is 20.5. The van der Waals surface area contributed by atoms with E-state index in [1.165, 1.54) is 0 Å². The maximum atomic E-state index is 8.73. The first-order valence-corrected chi connectivity index (χ1v) is 5.60. The van der Waals surface area contributed by atoms with Crippen LogP contribution in [0, 0.1) is 14.9 Å². The van der Waals surface area contributed by atoms with Crippen molar-refractivity contribution >= 4 is 34.0 Å². The molecule has 0 saturated carbocycles. The highest BCUT2D eigenvalue weighted by molar-refractivity contribution is 14.1. The minimum atomic E-state index is 0.153. The zero-order valence-corrected chi connectivity index (χ0v) is 10.3. The van der Waals surface area contributed by atoms with Crippen molar-refractivity contribution in [2.75, 3.05) is 24.2 Å². The van der Waals surface area contributed by atoms with Gasteiger partial charge in [-0.2, -0.15) is 5.26 Å². The second kappa shape index (κ2) is 5.78. The number of nitrogens with one attached hydrogen (secondary N) is 1. The number of hydrogen-bond acceptors (Lipinski definition) is 4. The van der Waals surface area contributed by atoms with E-state index in [1.807, 2.05) is 0 Å². The van der Waals surface area contributed by atoms with Crippen molar-refractivity contribution in [2.45, 2.75) is 6.42 Å². The van der Waals surface area contributed by atoms with Crippen molar-refractivity contribution in [1.29, 1.82) is 5.26 Å². The average molecular weight is 317 g/mol. The first-order chi connectivity index (χ1) is 7.19. The van der Waals surface area contributed by atoms with Gasteiger partial charge in [-0.15, -0.1) is 0 Å². The van der Waals surface area contributed by atoms with E-state index < -0.39 is 0 Å². The molecule has 15 heavy (non-hydrogen) atoms. The molecule has 1 aromatic rings. The quantitative estimate of drug-likeness (QED) is 0.447. The van der Waals surface area contributed by atoms with Gasteiger partial charge in [-0.3, -0.25) is 0 Å². The van der Waals surface area contributed by atoms with Crippen LogP contribution in [-0.4, -0.2) is 18.3 Å². The van der Waals surface area contributed by atoms with E-state index in [4.69, 9.17) is 16.1 Å². The minimum Gasteiger partial charge on any atom is -0.397 e. The van der Waals surface area contributed by atoms with Gasteiger partial charge in [0.25, 0.3) is 0 Å². The molecule has 0 spiro atoms. The van der Waals surface area contributed by atoms with Crippen LogP contribution in [0.3, 0.4) is 0 Å². The molecule has 0 saturated heterocycles. The zero-order chi connectivity index (χ0) is 11.3. The molecule has 0 radical (unpaired) electrons. The first-order valence-electron chi connectivity index (χ1n) is 4.53. The van der Waals surface area contributed by atoms with E-state index in [0.29, 0.717) is 24.2 Å². The van der Waals surface area contributed by atoms with Crippen molar-refractivity contribution in [3.05, 3.63) is 21.3 Å². The summed E-state index contributed by atoms with van der Waals surface area (Å²) < 4.78 is 0.919. The highest BCUT2D eigenvalue weighted by atomic mass is 127. The third-order valence-corrected chi connectivity index (χ3v) is 2.74. The van der Waals surface area contributed by atoms with E-state index in [1.54, 1.807) is 12.1 Å². The summed E-state index contributed by atoms with van der Waals surface area (Å²) >= 11 is 2.13. The summed E-state index contributed by atoms with van der Waals surface area (Å²) in [7, 11) is 0. The Labute approximate surface area is 102 Å². The summed E-state index contributed by atoms with van der Waals surface area (Å²) in [6.45, 7) is 0.822. The molecule has 0 aliphatic rings. The summed E-state index contributed by atoms with van der Waals surface area (Å²) in [6, 6.07) is 5.47. The Morgan fingerprint density at radius 1 is 1.53 bits per heavy atom. The molecule has 0 bridgehead atoms. The predicted molar refractivity (Wildman–Crippen MR) is 68.5 cm³/mol. The van der Waals surface area contributed by atoms with Crippen molar-refractivity contribution in [3.63, 3.8) is 0 Å². The second-order valence-corrected chi connectivity index (χ2v) is 4.20. The second-order valence-electron chi connectivity index (χ2n) is 3.04. The van der Waals surface area contributed by atoms with E-state index in [2.05, 4.69) is 34.0 Å². The number of nitriles is 1. The van der Waals surface area contributed by atoms with E-state index in [9.17, 15) is 0 Å². The summed E-state index contributed by atoms with van der Waals surface area (Å²) in [6.07, 6.45) is 0.676. The van der Waals surface area contributed by atoms with Crippen LogP contribution in [0.4, 0.5) is 11.4 Å². The fourth-order valence-electron chi connectivity index (χ4n) is 1.17. The van der Waals surface area contributed by atoms with Gasteiger partial charge in [-0.05, 0) is 41.1 Å². The normalized spacial score (nSPS) is 9.67. The first kappa shape index (κ1) is 12.1. The van der Waals surface area contributed by atoms with Crippen LogP contribution in [-0.2, 0) is 0 Å². The maximum Gasteiger partial charge on any atom is 0.0992 e. The molecular formula is C10H12IN3O. The monoisotopic (exact) mass is 317 g/mol. The smallest absolute Gasteiger partial charge is 0.0992 e. The molecule has 4 nitrogen and oxygen atoms in total. The highest BCUT2D eigenvalue weighted by Gasteiger charge is 2.05. The molecule has 0 fully saturated rings. The van der Waals surface area contributed by atoms with E-state index in [0.717, 1.165) is 9.26 Å². The van der Waals surface area contributed by atoms with Gasteiger partial charge >= 0.3 is 0 Å². The molecule has 0 amide bonds. The molecule has 1 aromatic carbocycles. The van der Waals surface area contributed by atoms with Crippen molar-refractivity contribution in [2.24, 2.45) is 0 Å². The van der Waals surface area contributed by atoms with Crippen molar-refractivity contribution < 1.29 is 5.11 Å². The van der Waals surface area contributed by atoms with Gasteiger partial charge in [0.2, 0.25) is 0 Å². The summed E-state index contributed by atoms with van der Waals surface area (Å²) in [5.74, 6) is 0. The minimum absolute atomic E-state index is 0.153. The Morgan fingerprint density at radius 3 is 2.80 bits per heavy atom.